The molecule has 0 aliphatic heterocycles. The van der Waals surface area contributed by atoms with Gasteiger partial charge in [0.05, 0.1) is 0 Å². The van der Waals surface area contributed by atoms with E-state index in [0.717, 1.165) is 0 Å². The van der Waals surface area contributed by atoms with Crippen LogP contribution in [0.4, 0.5) is 0 Å². The molecule has 18 heavy (non-hydrogen) atoms. The van der Waals surface area contributed by atoms with E-state index in [-0.39, 0.29) is 46.9 Å². The number of hydrogen-bond donors (Lipinski definition) is 0. The van der Waals surface area contributed by atoms with Gasteiger partial charge in [-0.2, -0.15) is 0 Å². The van der Waals surface area contributed by atoms with Crippen molar-refractivity contribution in [1.29, 1.82) is 0 Å². The predicted octanol–water partition coefficient (Wildman–Crippen LogP) is 1.65. The van der Waals surface area contributed by atoms with Crippen molar-refractivity contribution in [1.82, 2.24) is 0 Å². The summed E-state index contributed by atoms with van der Waals surface area (Å²) in [6.45, 7) is 5.16. The fourth-order valence-corrected chi connectivity index (χ4v) is 2.01. The van der Waals surface area contributed by atoms with Crippen LogP contribution in [0.25, 0.3) is 0 Å². The Bertz CT molecular complexity index is 491. The Balaban J connectivity index is 0.00000162. The summed E-state index contributed by atoms with van der Waals surface area (Å²) in [5.74, 6) is -2.15. The SMILES string of the molecule is CC(C)(C)C(=O)C1C(=O)c2ccccc2C1=O.[NaH]. The van der Waals surface area contributed by atoms with Crippen LogP contribution >= 0.6 is 0 Å². The summed E-state index contributed by atoms with van der Waals surface area (Å²) in [4.78, 5) is 36.2. The molecule has 0 spiro atoms. The summed E-state index contributed by atoms with van der Waals surface area (Å²) >= 11 is 0. The van der Waals surface area contributed by atoms with Crippen LogP contribution in [-0.4, -0.2) is 46.9 Å². The molecule has 1 aliphatic rings. The van der Waals surface area contributed by atoms with Gasteiger partial charge in [0.1, 0.15) is 5.92 Å². The summed E-state index contributed by atoms with van der Waals surface area (Å²) in [6.07, 6.45) is 0. The molecule has 0 N–H and O–H groups in total. The molecule has 0 saturated carbocycles. The second kappa shape index (κ2) is 5.08. The van der Waals surface area contributed by atoms with E-state index < -0.39 is 11.3 Å². The molecular weight excluding hydrogens is 239 g/mol. The first-order valence-electron chi connectivity index (χ1n) is 5.56. The van der Waals surface area contributed by atoms with Crippen molar-refractivity contribution < 1.29 is 14.4 Å². The molecule has 0 heterocycles. The first kappa shape index (κ1) is 15.3. The Morgan fingerprint density at radius 3 is 1.72 bits per heavy atom. The first-order chi connectivity index (χ1) is 7.84. The van der Waals surface area contributed by atoms with Gasteiger partial charge in [-0.05, 0) is 0 Å². The van der Waals surface area contributed by atoms with E-state index in [1.54, 1.807) is 45.0 Å². The monoisotopic (exact) mass is 254 g/mol. The molecule has 0 unspecified atom stereocenters. The van der Waals surface area contributed by atoms with Crippen LogP contribution in [0.1, 0.15) is 41.5 Å². The van der Waals surface area contributed by atoms with Crippen molar-refractivity contribution in [3.63, 3.8) is 0 Å². The van der Waals surface area contributed by atoms with Gasteiger partial charge >= 0.3 is 29.6 Å². The zero-order valence-electron chi connectivity index (χ0n) is 10.1. The van der Waals surface area contributed by atoms with Crippen LogP contribution in [-0.2, 0) is 4.79 Å². The molecule has 4 heteroatoms. The Morgan fingerprint density at radius 2 is 1.39 bits per heavy atom. The molecule has 1 aromatic carbocycles. The Kier molecular flexibility index (Phi) is 4.31. The van der Waals surface area contributed by atoms with E-state index in [4.69, 9.17) is 0 Å². The molecule has 0 fully saturated rings. The van der Waals surface area contributed by atoms with Gasteiger partial charge in [-0.25, -0.2) is 0 Å². The molecule has 0 bridgehead atoms. The fourth-order valence-electron chi connectivity index (χ4n) is 2.01. The van der Waals surface area contributed by atoms with Gasteiger partial charge in [0.15, 0.2) is 17.3 Å². The van der Waals surface area contributed by atoms with Crippen LogP contribution in [0.2, 0.25) is 0 Å². The van der Waals surface area contributed by atoms with Gasteiger partial charge in [0, 0.05) is 16.5 Å². The molecule has 0 radical (unpaired) electrons. The number of carbonyl (C=O) groups excluding carboxylic acids is 3. The number of hydrogen-bond acceptors (Lipinski definition) is 3. The van der Waals surface area contributed by atoms with E-state index in [0.29, 0.717) is 11.1 Å². The van der Waals surface area contributed by atoms with E-state index >= 15 is 0 Å². The van der Waals surface area contributed by atoms with Crippen molar-refractivity contribution in [2.45, 2.75) is 20.8 Å². The molecule has 1 aromatic rings. The third-order valence-electron chi connectivity index (χ3n) is 2.98. The summed E-state index contributed by atoms with van der Waals surface area (Å²) in [6, 6.07) is 6.61. The quantitative estimate of drug-likeness (QED) is 0.565. The standard InChI is InChI=1S/C14H14O3.Na.H/c1-14(2,3)13(17)10-11(15)8-6-4-5-7-9(8)12(10)16;;/h4-7,10H,1-3H3;;. The second-order valence-corrected chi connectivity index (χ2v) is 5.32. The Labute approximate surface area is 128 Å². The van der Waals surface area contributed by atoms with Crippen molar-refractivity contribution >= 4 is 46.9 Å². The average molecular weight is 254 g/mol. The minimum atomic E-state index is -1.13. The zero-order valence-corrected chi connectivity index (χ0v) is 10.1. The number of carbonyl (C=O) groups is 3. The number of Topliss-reactive ketones (excluding diaryl/α,β-unsaturated/α-hetero) is 3. The third-order valence-corrected chi connectivity index (χ3v) is 2.98. The van der Waals surface area contributed by atoms with Crippen LogP contribution in [0, 0.1) is 11.3 Å². The summed E-state index contributed by atoms with van der Waals surface area (Å²) < 4.78 is 0. The molecule has 90 valence electrons. The Hall–Kier alpha value is -0.770. The van der Waals surface area contributed by atoms with Gasteiger partial charge in [-0.1, -0.05) is 45.0 Å². The normalized spacial score (nSPS) is 15.3. The van der Waals surface area contributed by atoms with E-state index in [9.17, 15) is 14.4 Å². The molecule has 0 amide bonds. The first-order valence-corrected chi connectivity index (χ1v) is 5.56. The summed E-state index contributed by atoms with van der Waals surface area (Å²) in [7, 11) is 0. The number of rotatable bonds is 1. The van der Waals surface area contributed by atoms with Crippen LogP contribution < -0.4 is 0 Å². The maximum atomic E-state index is 12.1. The molecule has 0 aromatic heterocycles. The van der Waals surface area contributed by atoms with E-state index in [1.165, 1.54) is 0 Å². The maximum absolute atomic E-state index is 12.1. The van der Waals surface area contributed by atoms with Crippen LogP contribution in [0.15, 0.2) is 24.3 Å². The van der Waals surface area contributed by atoms with Crippen molar-refractivity contribution in [2.75, 3.05) is 0 Å². The number of benzene rings is 1. The molecule has 3 nitrogen and oxygen atoms in total. The molecule has 1 aliphatic carbocycles. The molecule has 2 rings (SSSR count). The van der Waals surface area contributed by atoms with Crippen molar-refractivity contribution in [2.24, 2.45) is 11.3 Å². The van der Waals surface area contributed by atoms with Gasteiger partial charge in [0.25, 0.3) is 0 Å². The molecule has 0 atom stereocenters. The third kappa shape index (κ3) is 2.35. The molecular formula is C14H15NaO3. The average Bonchev–Trinajstić information content (AvgIpc) is 2.51. The van der Waals surface area contributed by atoms with Gasteiger partial charge < -0.3 is 0 Å². The van der Waals surface area contributed by atoms with E-state index in [2.05, 4.69) is 0 Å². The van der Waals surface area contributed by atoms with Crippen LogP contribution in [0.3, 0.4) is 0 Å². The van der Waals surface area contributed by atoms with Gasteiger partial charge in [-0.15, -0.1) is 0 Å². The van der Waals surface area contributed by atoms with E-state index in [1.807, 2.05) is 0 Å². The van der Waals surface area contributed by atoms with Crippen molar-refractivity contribution in [3.05, 3.63) is 35.4 Å². The zero-order chi connectivity index (χ0) is 12.8. The second-order valence-electron chi connectivity index (χ2n) is 5.32. The van der Waals surface area contributed by atoms with Gasteiger partial charge in [-0.3, -0.25) is 14.4 Å². The van der Waals surface area contributed by atoms with Gasteiger partial charge in [0.2, 0.25) is 0 Å². The Morgan fingerprint density at radius 1 is 1.00 bits per heavy atom. The van der Waals surface area contributed by atoms with Crippen molar-refractivity contribution in [3.8, 4) is 0 Å². The fraction of sp³-hybridized carbons (Fsp3) is 0.357. The summed E-state index contributed by atoms with van der Waals surface area (Å²) in [5.41, 5.74) is 0.0677. The minimum absolute atomic E-state index is 0. The van der Waals surface area contributed by atoms with Crippen LogP contribution in [0.5, 0.6) is 0 Å². The topological polar surface area (TPSA) is 51.2 Å². The number of ketones is 3. The predicted molar refractivity (Wildman–Crippen MR) is 70.2 cm³/mol. The number of fused-ring (bicyclic) bond motifs is 1. The summed E-state index contributed by atoms with van der Waals surface area (Å²) in [5, 5.41) is 0. The molecule has 0 saturated heterocycles.